The smallest absolute Gasteiger partial charge is 0.236 e. The fourth-order valence-corrected chi connectivity index (χ4v) is 3.44. The van der Waals surface area contributed by atoms with E-state index < -0.39 is 0 Å². The number of hydrogen-bond acceptors (Lipinski definition) is 3. The third-order valence-corrected chi connectivity index (χ3v) is 4.63. The van der Waals surface area contributed by atoms with Crippen LogP contribution in [0.4, 0.5) is 0 Å². The molecule has 0 spiro atoms. The van der Waals surface area contributed by atoms with Crippen molar-refractivity contribution in [2.24, 2.45) is 0 Å². The lowest BCUT2D eigenvalue weighted by atomic mass is 10.0. The van der Waals surface area contributed by atoms with Crippen LogP contribution in [0.2, 0.25) is 0 Å². The van der Waals surface area contributed by atoms with Gasteiger partial charge in [0.1, 0.15) is 0 Å². The minimum Gasteiger partial charge on any atom is -0.342 e. The molecule has 0 atom stereocenters. The van der Waals surface area contributed by atoms with Crippen molar-refractivity contribution in [2.75, 3.05) is 39.3 Å². The molecule has 0 unspecified atom stereocenters. The van der Waals surface area contributed by atoms with E-state index in [2.05, 4.69) is 22.0 Å². The Balaban J connectivity index is 0.00000220. The molecule has 1 N–H and O–H groups in total. The van der Waals surface area contributed by atoms with Crippen LogP contribution in [0.3, 0.4) is 0 Å². The molecule has 5 heteroatoms. The molecule has 0 saturated carbocycles. The number of nitrogens with one attached hydrogen (secondary N) is 1. The van der Waals surface area contributed by atoms with Gasteiger partial charge in [0, 0.05) is 19.1 Å². The standard InChI is InChI=1S/C16H31N3O.ClH/c1-2-11-19(15-7-9-17-10-8-15)14-16(20)18-12-5-3-4-6-13-18;/h15,17H,2-14H2,1H3;1H. The summed E-state index contributed by atoms with van der Waals surface area (Å²) in [7, 11) is 0. The summed E-state index contributed by atoms with van der Waals surface area (Å²) >= 11 is 0. The molecule has 2 rings (SSSR count). The number of amides is 1. The predicted octanol–water partition coefficient (Wildman–Crippen LogP) is 2.27. The van der Waals surface area contributed by atoms with E-state index in [-0.39, 0.29) is 12.4 Å². The van der Waals surface area contributed by atoms with E-state index in [9.17, 15) is 4.79 Å². The van der Waals surface area contributed by atoms with Crippen LogP contribution in [0, 0.1) is 0 Å². The van der Waals surface area contributed by atoms with Gasteiger partial charge in [-0.15, -0.1) is 12.4 Å². The minimum atomic E-state index is 0. The summed E-state index contributed by atoms with van der Waals surface area (Å²) in [5, 5.41) is 3.41. The molecule has 0 aromatic carbocycles. The Kier molecular flexibility index (Phi) is 9.29. The summed E-state index contributed by atoms with van der Waals surface area (Å²) in [6, 6.07) is 0.604. The highest BCUT2D eigenvalue weighted by molar-refractivity contribution is 5.85. The van der Waals surface area contributed by atoms with Gasteiger partial charge in [0.25, 0.3) is 0 Å². The molecule has 2 aliphatic heterocycles. The van der Waals surface area contributed by atoms with Crippen molar-refractivity contribution in [1.82, 2.24) is 15.1 Å². The number of carbonyl (C=O) groups is 1. The highest BCUT2D eigenvalue weighted by Crippen LogP contribution is 2.14. The Bertz CT molecular complexity index is 287. The van der Waals surface area contributed by atoms with Gasteiger partial charge in [-0.3, -0.25) is 9.69 Å². The van der Waals surface area contributed by atoms with E-state index >= 15 is 0 Å². The fourth-order valence-electron chi connectivity index (χ4n) is 3.44. The summed E-state index contributed by atoms with van der Waals surface area (Å²) < 4.78 is 0. The average molecular weight is 318 g/mol. The highest BCUT2D eigenvalue weighted by atomic mass is 35.5. The fraction of sp³-hybridized carbons (Fsp3) is 0.938. The molecule has 2 aliphatic rings. The van der Waals surface area contributed by atoms with Crippen LogP contribution in [0.25, 0.3) is 0 Å². The Hall–Kier alpha value is -0.320. The predicted molar refractivity (Wildman–Crippen MR) is 90.1 cm³/mol. The number of nitrogens with zero attached hydrogens (tertiary/aromatic N) is 2. The van der Waals surface area contributed by atoms with Gasteiger partial charge < -0.3 is 10.2 Å². The zero-order valence-corrected chi connectivity index (χ0v) is 14.3. The molecule has 21 heavy (non-hydrogen) atoms. The van der Waals surface area contributed by atoms with E-state index in [1.807, 2.05) is 0 Å². The first-order chi connectivity index (χ1) is 9.81. The first-order valence-electron chi connectivity index (χ1n) is 8.54. The lowest BCUT2D eigenvalue weighted by Gasteiger charge is -2.35. The number of hydrogen-bond donors (Lipinski definition) is 1. The SMILES string of the molecule is CCCN(CC(=O)N1CCCCCC1)C1CCNCC1.Cl. The zero-order chi connectivity index (χ0) is 14.2. The normalized spacial score (nSPS) is 21.0. The Morgan fingerprint density at radius 1 is 1.14 bits per heavy atom. The molecule has 124 valence electrons. The summed E-state index contributed by atoms with van der Waals surface area (Å²) in [6.07, 6.45) is 8.46. The molecular formula is C16H32ClN3O. The van der Waals surface area contributed by atoms with Gasteiger partial charge in [0.15, 0.2) is 0 Å². The third kappa shape index (κ3) is 6.13. The first kappa shape index (κ1) is 18.7. The number of carbonyl (C=O) groups excluding carboxylic acids is 1. The number of rotatable bonds is 5. The highest BCUT2D eigenvalue weighted by Gasteiger charge is 2.24. The van der Waals surface area contributed by atoms with E-state index in [0.717, 1.165) is 39.1 Å². The van der Waals surface area contributed by atoms with Crippen LogP contribution in [0.5, 0.6) is 0 Å². The van der Waals surface area contributed by atoms with Crippen molar-refractivity contribution >= 4 is 18.3 Å². The number of likely N-dealkylation sites (tertiary alicyclic amines) is 1. The van der Waals surface area contributed by atoms with Gasteiger partial charge in [0.05, 0.1) is 6.54 Å². The lowest BCUT2D eigenvalue weighted by Crippen LogP contribution is -2.48. The summed E-state index contributed by atoms with van der Waals surface area (Å²) in [4.78, 5) is 17.1. The van der Waals surface area contributed by atoms with Gasteiger partial charge in [-0.05, 0) is 51.7 Å². The van der Waals surface area contributed by atoms with Crippen molar-refractivity contribution in [3.05, 3.63) is 0 Å². The molecule has 0 aromatic heterocycles. The quantitative estimate of drug-likeness (QED) is 0.845. The van der Waals surface area contributed by atoms with Gasteiger partial charge in [-0.25, -0.2) is 0 Å². The molecule has 0 aromatic rings. The van der Waals surface area contributed by atoms with Crippen LogP contribution >= 0.6 is 12.4 Å². The molecule has 0 bridgehead atoms. The maximum atomic E-state index is 12.5. The van der Waals surface area contributed by atoms with Crippen molar-refractivity contribution < 1.29 is 4.79 Å². The van der Waals surface area contributed by atoms with Gasteiger partial charge in [0.2, 0.25) is 5.91 Å². The van der Waals surface area contributed by atoms with Crippen LogP contribution in [-0.2, 0) is 4.79 Å². The molecular weight excluding hydrogens is 286 g/mol. The number of piperidine rings is 1. The van der Waals surface area contributed by atoms with Crippen molar-refractivity contribution in [2.45, 2.75) is 57.9 Å². The lowest BCUT2D eigenvalue weighted by molar-refractivity contribution is -0.133. The van der Waals surface area contributed by atoms with Crippen LogP contribution in [0.15, 0.2) is 0 Å². The van der Waals surface area contributed by atoms with Crippen LogP contribution < -0.4 is 5.32 Å². The van der Waals surface area contributed by atoms with E-state index in [4.69, 9.17) is 0 Å². The van der Waals surface area contributed by atoms with E-state index in [0.29, 0.717) is 18.5 Å². The Morgan fingerprint density at radius 3 is 2.33 bits per heavy atom. The minimum absolute atomic E-state index is 0. The molecule has 2 heterocycles. The molecule has 0 aliphatic carbocycles. The zero-order valence-electron chi connectivity index (χ0n) is 13.5. The largest absolute Gasteiger partial charge is 0.342 e. The second-order valence-corrected chi connectivity index (χ2v) is 6.25. The summed E-state index contributed by atoms with van der Waals surface area (Å²) in [5.74, 6) is 0.360. The second-order valence-electron chi connectivity index (χ2n) is 6.25. The summed E-state index contributed by atoms with van der Waals surface area (Å²) in [6.45, 7) is 8.06. The maximum Gasteiger partial charge on any atom is 0.236 e. The molecule has 2 saturated heterocycles. The molecule has 1 amide bonds. The second kappa shape index (κ2) is 10.4. The van der Waals surface area contributed by atoms with Crippen molar-refractivity contribution in [3.8, 4) is 0 Å². The van der Waals surface area contributed by atoms with Gasteiger partial charge in [-0.1, -0.05) is 19.8 Å². The maximum absolute atomic E-state index is 12.5. The van der Waals surface area contributed by atoms with Crippen LogP contribution in [0.1, 0.15) is 51.9 Å². The van der Waals surface area contributed by atoms with Gasteiger partial charge in [-0.2, -0.15) is 0 Å². The average Bonchev–Trinajstić information content (AvgIpc) is 2.77. The molecule has 0 radical (unpaired) electrons. The number of halogens is 1. The van der Waals surface area contributed by atoms with Crippen molar-refractivity contribution in [3.63, 3.8) is 0 Å². The van der Waals surface area contributed by atoms with Gasteiger partial charge >= 0.3 is 0 Å². The topological polar surface area (TPSA) is 35.6 Å². The van der Waals surface area contributed by atoms with E-state index in [1.165, 1.54) is 38.5 Å². The molecule has 4 nitrogen and oxygen atoms in total. The van der Waals surface area contributed by atoms with E-state index in [1.54, 1.807) is 0 Å². The third-order valence-electron chi connectivity index (χ3n) is 4.63. The monoisotopic (exact) mass is 317 g/mol. The molecule has 2 fully saturated rings. The van der Waals surface area contributed by atoms with Crippen molar-refractivity contribution in [1.29, 1.82) is 0 Å². The van der Waals surface area contributed by atoms with Crippen LogP contribution in [-0.4, -0.2) is 61.0 Å². The summed E-state index contributed by atoms with van der Waals surface area (Å²) in [5.41, 5.74) is 0. The first-order valence-corrected chi connectivity index (χ1v) is 8.54. The Labute approximate surface area is 136 Å². The Morgan fingerprint density at radius 2 is 1.76 bits per heavy atom.